The lowest BCUT2D eigenvalue weighted by Crippen LogP contribution is -2.32. The predicted octanol–water partition coefficient (Wildman–Crippen LogP) is 1.86. The minimum atomic E-state index is -0.903. The number of aliphatic hydroxyl groups excluding tert-OH is 1. The largest absolute Gasteiger partial charge is 0.387 e. The van der Waals surface area contributed by atoms with Gasteiger partial charge in [0.25, 0.3) is 5.91 Å². The normalized spacial score (nSPS) is 11.7. The Bertz CT molecular complexity index is 644. The average Bonchev–Trinajstić information content (AvgIpc) is 3.07. The van der Waals surface area contributed by atoms with E-state index in [0.29, 0.717) is 11.1 Å². The summed E-state index contributed by atoms with van der Waals surface area (Å²) in [6.07, 6.45) is -0.786. The lowest BCUT2D eigenvalue weighted by molar-refractivity contribution is -0.121. The first kappa shape index (κ1) is 17.1. The highest BCUT2D eigenvalue weighted by Crippen LogP contribution is 2.12. The van der Waals surface area contributed by atoms with Gasteiger partial charge in [-0.25, -0.2) is 4.39 Å². The van der Waals surface area contributed by atoms with Crippen LogP contribution in [-0.4, -0.2) is 30.0 Å². The Morgan fingerprint density at radius 2 is 1.91 bits per heavy atom. The molecule has 1 atom stereocenters. The first-order valence-electron chi connectivity index (χ1n) is 7.07. The summed E-state index contributed by atoms with van der Waals surface area (Å²) in [6, 6.07) is 7.14. The fourth-order valence-corrected chi connectivity index (χ4v) is 2.52. The molecule has 2 aromatic rings. The van der Waals surface area contributed by atoms with Crippen LogP contribution in [0.3, 0.4) is 0 Å². The maximum atomic E-state index is 12.8. The zero-order valence-electron chi connectivity index (χ0n) is 12.3. The van der Waals surface area contributed by atoms with Crippen LogP contribution in [0.25, 0.3) is 0 Å². The van der Waals surface area contributed by atoms with Crippen molar-refractivity contribution in [1.82, 2.24) is 10.6 Å². The Morgan fingerprint density at radius 1 is 1.17 bits per heavy atom. The van der Waals surface area contributed by atoms with Crippen LogP contribution >= 0.6 is 11.3 Å². The summed E-state index contributed by atoms with van der Waals surface area (Å²) in [7, 11) is 0. The van der Waals surface area contributed by atoms with Crippen LogP contribution in [0.1, 0.15) is 28.4 Å². The standard InChI is InChI=1S/C16H17FN2O3S/c17-13-3-1-11(2-4-13)14(20)9-19-15(21)5-7-18-16(22)12-6-8-23-10-12/h1-4,6,8,10,14,20H,5,7,9H2,(H,18,22)(H,19,21). The maximum absolute atomic E-state index is 12.8. The van der Waals surface area contributed by atoms with E-state index in [0.717, 1.165) is 0 Å². The Kier molecular flexibility index (Phi) is 6.25. The molecule has 1 aromatic carbocycles. The van der Waals surface area contributed by atoms with E-state index in [1.165, 1.54) is 35.6 Å². The summed E-state index contributed by atoms with van der Waals surface area (Å²) in [5, 5.41) is 18.6. The number of hydrogen-bond acceptors (Lipinski definition) is 4. The van der Waals surface area contributed by atoms with Crippen LogP contribution in [0.5, 0.6) is 0 Å². The van der Waals surface area contributed by atoms with E-state index < -0.39 is 6.10 Å². The van der Waals surface area contributed by atoms with Crippen LogP contribution in [0, 0.1) is 5.82 Å². The lowest BCUT2D eigenvalue weighted by atomic mass is 10.1. The highest BCUT2D eigenvalue weighted by atomic mass is 32.1. The molecule has 7 heteroatoms. The highest BCUT2D eigenvalue weighted by Gasteiger charge is 2.10. The number of amides is 2. The smallest absolute Gasteiger partial charge is 0.252 e. The molecule has 122 valence electrons. The van der Waals surface area contributed by atoms with Crippen molar-refractivity contribution in [2.45, 2.75) is 12.5 Å². The van der Waals surface area contributed by atoms with Crippen molar-refractivity contribution in [1.29, 1.82) is 0 Å². The van der Waals surface area contributed by atoms with E-state index in [4.69, 9.17) is 0 Å². The molecule has 0 fully saturated rings. The minimum absolute atomic E-state index is 0.0307. The van der Waals surface area contributed by atoms with Gasteiger partial charge in [0, 0.05) is 30.5 Å². The number of carbonyl (C=O) groups excluding carboxylic acids is 2. The van der Waals surface area contributed by atoms with E-state index in [-0.39, 0.29) is 37.1 Å². The van der Waals surface area contributed by atoms with Crippen molar-refractivity contribution in [2.24, 2.45) is 0 Å². The molecule has 0 bridgehead atoms. The van der Waals surface area contributed by atoms with Crippen LogP contribution < -0.4 is 10.6 Å². The molecule has 23 heavy (non-hydrogen) atoms. The van der Waals surface area contributed by atoms with Gasteiger partial charge in [-0.15, -0.1) is 0 Å². The summed E-state index contributed by atoms with van der Waals surface area (Å²) < 4.78 is 12.8. The van der Waals surface area contributed by atoms with Crippen LogP contribution in [0.15, 0.2) is 41.1 Å². The first-order valence-corrected chi connectivity index (χ1v) is 8.01. The summed E-state index contributed by atoms with van der Waals surface area (Å²) in [5.41, 5.74) is 1.10. The number of rotatable bonds is 7. The lowest BCUT2D eigenvalue weighted by Gasteiger charge is -2.12. The molecule has 1 unspecified atom stereocenters. The van der Waals surface area contributed by atoms with Gasteiger partial charge in [0.1, 0.15) is 5.82 Å². The van der Waals surface area contributed by atoms with Gasteiger partial charge in [-0.1, -0.05) is 12.1 Å². The number of carbonyl (C=O) groups is 2. The molecule has 0 radical (unpaired) electrons. The van der Waals surface area contributed by atoms with E-state index in [9.17, 15) is 19.1 Å². The SMILES string of the molecule is O=C(CCNC(=O)c1ccsc1)NCC(O)c1ccc(F)cc1. The van der Waals surface area contributed by atoms with Crippen molar-refractivity contribution in [3.63, 3.8) is 0 Å². The monoisotopic (exact) mass is 336 g/mol. The van der Waals surface area contributed by atoms with Gasteiger partial charge in [-0.2, -0.15) is 11.3 Å². The summed E-state index contributed by atoms with van der Waals surface area (Å²) in [5.74, 6) is -0.881. The summed E-state index contributed by atoms with van der Waals surface area (Å²) in [4.78, 5) is 23.3. The molecule has 0 saturated carbocycles. The van der Waals surface area contributed by atoms with Crippen LogP contribution in [-0.2, 0) is 4.79 Å². The van der Waals surface area contributed by atoms with Gasteiger partial charge in [0.05, 0.1) is 6.10 Å². The molecular weight excluding hydrogens is 319 g/mol. The average molecular weight is 336 g/mol. The minimum Gasteiger partial charge on any atom is -0.387 e. The number of halogens is 1. The molecule has 2 amide bonds. The molecule has 1 heterocycles. The Balaban J connectivity index is 1.66. The molecular formula is C16H17FN2O3S. The zero-order chi connectivity index (χ0) is 16.7. The molecule has 1 aromatic heterocycles. The predicted molar refractivity (Wildman–Crippen MR) is 85.6 cm³/mol. The molecule has 5 nitrogen and oxygen atoms in total. The van der Waals surface area contributed by atoms with Gasteiger partial charge in [0.2, 0.25) is 5.91 Å². The second-order valence-corrected chi connectivity index (χ2v) is 5.67. The molecule has 0 aliphatic carbocycles. The van der Waals surface area contributed by atoms with E-state index in [1.807, 2.05) is 0 Å². The van der Waals surface area contributed by atoms with Gasteiger partial charge >= 0.3 is 0 Å². The highest BCUT2D eigenvalue weighted by molar-refractivity contribution is 7.08. The number of benzene rings is 1. The topological polar surface area (TPSA) is 78.4 Å². The van der Waals surface area contributed by atoms with Gasteiger partial charge in [-0.3, -0.25) is 9.59 Å². The van der Waals surface area contributed by atoms with E-state index >= 15 is 0 Å². The van der Waals surface area contributed by atoms with Crippen molar-refractivity contribution in [3.05, 3.63) is 58.0 Å². The van der Waals surface area contributed by atoms with Crippen molar-refractivity contribution < 1.29 is 19.1 Å². The molecule has 0 aliphatic rings. The Hall–Kier alpha value is -2.25. The third kappa shape index (κ3) is 5.46. The molecule has 0 aliphatic heterocycles. The quantitative estimate of drug-likeness (QED) is 0.722. The molecule has 0 spiro atoms. The number of nitrogens with one attached hydrogen (secondary N) is 2. The third-order valence-corrected chi connectivity index (χ3v) is 3.85. The van der Waals surface area contributed by atoms with Crippen LogP contribution in [0.2, 0.25) is 0 Å². The first-order chi connectivity index (χ1) is 11.1. The second kappa shape index (κ2) is 8.40. The molecule has 3 N–H and O–H groups in total. The number of aliphatic hydroxyl groups is 1. The maximum Gasteiger partial charge on any atom is 0.252 e. The Labute approximate surface area is 137 Å². The number of thiophene rings is 1. The molecule has 0 saturated heterocycles. The Morgan fingerprint density at radius 3 is 2.57 bits per heavy atom. The third-order valence-electron chi connectivity index (χ3n) is 3.17. The van der Waals surface area contributed by atoms with E-state index in [2.05, 4.69) is 10.6 Å². The van der Waals surface area contributed by atoms with Gasteiger partial charge < -0.3 is 15.7 Å². The fraction of sp³-hybridized carbons (Fsp3) is 0.250. The number of hydrogen-bond donors (Lipinski definition) is 3. The second-order valence-electron chi connectivity index (χ2n) is 4.89. The van der Waals surface area contributed by atoms with E-state index in [1.54, 1.807) is 16.8 Å². The van der Waals surface area contributed by atoms with Crippen molar-refractivity contribution in [2.75, 3.05) is 13.1 Å². The summed E-state index contributed by atoms with van der Waals surface area (Å²) >= 11 is 1.43. The van der Waals surface area contributed by atoms with Crippen molar-refractivity contribution in [3.8, 4) is 0 Å². The van der Waals surface area contributed by atoms with Crippen molar-refractivity contribution >= 4 is 23.2 Å². The van der Waals surface area contributed by atoms with Crippen LogP contribution in [0.4, 0.5) is 4.39 Å². The molecule has 2 rings (SSSR count). The zero-order valence-corrected chi connectivity index (χ0v) is 13.1. The van der Waals surface area contributed by atoms with Gasteiger partial charge in [-0.05, 0) is 29.1 Å². The van der Waals surface area contributed by atoms with Gasteiger partial charge in [0.15, 0.2) is 0 Å². The fourth-order valence-electron chi connectivity index (χ4n) is 1.89. The summed E-state index contributed by atoms with van der Waals surface area (Å²) in [6.45, 7) is 0.246.